The highest BCUT2D eigenvalue weighted by Gasteiger charge is 2.22. The predicted octanol–water partition coefficient (Wildman–Crippen LogP) is 3.48. The number of unbranched alkanes of at least 4 members (excludes halogenated alkanes) is 1. The fraction of sp³-hybridized carbons (Fsp3) is 0.593. The van der Waals surface area contributed by atoms with Crippen molar-refractivity contribution in [1.82, 2.24) is 29.2 Å². The Hall–Kier alpha value is -1.99. The van der Waals surface area contributed by atoms with Crippen LogP contribution in [0.3, 0.4) is 0 Å². The molecule has 6 heteroatoms. The zero-order valence-corrected chi connectivity index (χ0v) is 20.8. The van der Waals surface area contributed by atoms with Crippen molar-refractivity contribution in [3.63, 3.8) is 0 Å². The molecule has 5 rings (SSSR count). The summed E-state index contributed by atoms with van der Waals surface area (Å²) in [5.41, 5.74) is 5.23. The SMILES string of the molecule is CCCCn1c2ccccc2c2cc(CN3CCN(C)CC3)nc(CN3CCN(C)CC3)c21. The van der Waals surface area contributed by atoms with E-state index in [0.717, 1.165) is 72.0 Å². The normalized spacial score (nSPS) is 19.7. The maximum absolute atomic E-state index is 5.36. The summed E-state index contributed by atoms with van der Waals surface area (Å²) in [6.45, 7) is 14.3. The molecule has 2 fully saturated rings. The molecule has 0 radical (unpaired) electrons. The summed E-state index contributed by atoms with van der Waals surface area (Å²) in [5, 5.41) is 2.77. The molecule has 0 N–H and O–H groups in total. The van der Waals surface area contributed by atoms with Gasteiger partial charge in [0, 0.05) is 88.3 Å². The molecule has 0 amide bonds. The molecule has 6 nitrogen and oxygen atoms in total. The second-order valence-electron chi connectivity index (χ2n) is 10.1. The largest absolute Gasteiger partial charge is 0.339 e. The fourth-order valence-corrected chi connectivity index (χ4v) is 5.41. The number of hydrogen-bond donors (Lipinski definition) is 0. The van der Waals surface area contributed by atoms with Crippen LogP contribution in [0, 0.1) is 0 Å². The molecule has 0 unspecified atom stereocenters. The summed E-state index contributed by atoms with van der Waals surface area (Å²) in [6.07, 6.45) is 2.40. The average molecular weight is 449 g/mol. The summed E-state index contributed by atoms with van der Waals surface area (Å²) < 4.78 is 2.56. The van der Waals surface area contributed by atoms with Gasteiger partial charge in [0.15, 0.2) is 0 Å². The summed E-state index contributed by atoms with van der Waals surface area (Å²) in [6, 6.07) is 11.4. The van der Waals surface area contributed by atoms with Crippen LogP contribution in [-0.4, -0.2) is 95.6 Å². The molecule has 4 heterocycles. The first-order valence-corrected chi connectivity index (χ1v) is 12.8. The highest BCUT2D eigenvalue weighted by atomic mass is 15.3. The van der Waals surface area contributed by atoms with Crippen LogP contribution < -0.4 is 0 Å². The lowest BCUT2D eigenvalue weighted by molar-refractivity contribution is 0.144. The van der Waals surface area contributed by atoms with Crippen molar-refractivity contribution >= 4 is 21.8 Å². The number of rotatable bonds is 7. The zero-order chi connectivity index (χ0) is 22.8. The number of piperazine rings is 2. The summed E-state index contributed by atoms with van der Waals surface area (Å²) in [7, 11) is 4.45. The highest BCUT2D eigenvalue weighted by Crippen LogP contribution is 2.32. The average Bonchev–Trinajstić information content (AvgIpc) is 3.14. The van der Waals surface area contributed by atoms with E-state index in [2.05, 4.69) is 75.5 Å². The fourth-order valence-electron chi connectivity index (χ4n) is 5.41. The number of benzene rings is 1. The molecule has 178 valence electrons. The first kappa shape index (κ1) is 22.8. The van der Waals surface area contributed by atoms with E-state index in [9.17, 15) is 0 Å². The molecule has 33 heavy (non-hydrogen) atoms. The Kier molecular flexibility index (Phi) is 6.97. The van der Waals surface area contributed by atoms with Crippen LogP contribution in [-0.2, 0) is 19.6 Å². The van der Waals surface area contributed by atoms with Gasteiger partial charge in [-0.15, -0.1) is 0 Å². The Morgan fingerprint density at radius 2 is 1.42 bits per heavy atom. The van der Waals surface area contributed by atoms with Crippen LogP contribution in [0.2, 0.25) is 0 Å². The molecule has 2 aliphatic heterocycles. The van der Waals surface area contributed by atoms with Crippen LogP contribution in [0.5, 0.6) is 0 Å². The van der Waals surface area contributed by atoms with Gasteiger partial charge in [-0.05, 0) is 32.6 Å². The molecule has 0 aliphatic carbocycles. The number of fused-ring (bicyclic) bond motifs is 3. The molecular formula is C27H40N6. The quantitative estimate of drug-likeness (QED) is 0.552. The Labute approximate surface area is 198 Å². The van der Waals surface area contributed by atoms with E-state index in [-0.39, 0.29) is 0 Å². The Bertz CT molecular complexity index is 1070. The van der Waals surface area contributed by atoms with Crippen molar-refractivity contribution < 1.29 is 0 Å². The predicted molar refractivity (Wildman–Crippen MR) is 138 cm³/mol. The highest BCUT2D eigenvalue weighted by molar-refractivity contribution is 6.08. The maximum atomic E-state index is 5.36. The van der Waals surface area contributed by atoms with Crippen molar-refractivity contribution in [3.05, 3.63) is 41.7 Å². The van der Waals surface area contributed by atoms with Gasteiger partial charge in [-0.1, -0.05) is 31.5 Å². The smallest absolute Gasteiger partial charge is 0.0790 e. The standard InChI is InChI=1S/C27H40N6/c1-4-5-10-33-26-9-7-6-8-23(26)24-19-22(20-31-15-11-29(2)12-16-31)28-25(27(24)33)21-32-17-13-30(3)14-18-32/h6-9,19H,4-5,10-18,20-21H2,1-3H3. The first-order valence-electron chi connectivity index (χ1n) is 12.8. The lowest BCUT2D eigenvalue weighted by atomic mass is 10.1. The number of likely N-dealkylation sites (N-methyl/N-ethyl adjacent to an activating group) is 2. The second-order valence-corrected chi connectivity index (χ2v) is 10.1. The van der Waals surface area contributed by atoms with E-state index in [1.165, 1.54) is 46.0 Å². The molecule has 0 spiro atoms. The molecule has 0 bridgehead atoms. The first-order chi connectivity index (χ1) is 16.1. The Balaban J connectivity index is 1.56. The maximum Gasteiger partial charge on any atom is 0.0790 e. The molecule has 0 atom stereocenters. The van der Waals surface area contributed by atoms with Crippen LogP contribution in [0.1, 0.15) is 31.2 Å². The number of aryl methyl sites for hydroxylation is 1. The minimum atomic E-state index is 0.948. The van der Waals surface area contributed by atoms with Crippen molar-refractivity contribution in [2.24, 2.45) is 0 Å². The third kappa shape index (κ3) is 4.94. The lowest BCUT2D eigenvalue weighted by Gasteiger charge is -2.33. The van der Waals surface area contributed by atoms with Gasteiger partial charge in [0.25, 0.3) is 0 Å². The molecule has 1 aromatic carbocycles. The van der Waals surface area contributed by atoms with Crippen molar-refractivity contribution in [1.29, 1.82) is 0 Å². The van der Waals surface area contributed by atoms with E-state index in [1.54, 1.807) is 0 Å². The molecule has 2 aliphatic rings. The Morgan fingerprint density at radius 3 is 2.09 bits per heavy atom. The third-order valence-electron chi connectivity index (χ3n) is 7.56. The number of pyridine rings is 1. The minimum Gasteiger partial charge on any atom is -0.339 e. The Morgan fingerprint density at radius 1 is 0.788 bits per heavy atom. The third-order valence-corrected chi connectivity index (χ3v) is 7.56. The van der Waals surface area contributed by atoms with Crippen LogP contribution >= 0.6 is 0 Å². The molecule has 3 aromatic rings. The topological polar surface area (TPSA) is 30.8 Å². The van der Waals surface area contributed by atoms with Gasteiger partial charge in [-0.25, -0.2) is 0 Å². The summed E-state index contributed by atoms with van der Waals surface area (Å²) in [5.74, 6) is 0. The van der Waals surface area contributed by atoms with Crippen LogP contribution in [0.15, 0.2) is 30.3 Å². The monoisotopic (exact) mass is 448 g/mol. The van der Waals surface area contributed by atoms with Gasteiger partial charge < -0.3 is 14.4 Å². The van der Waals surface area contributed by atoms with E-state index in [4.69, 9.17) is 4.98 Å². The van der Waals surface area contributed by atoms with Gasteiger partial charge in [-0.2, -0.15) is 0 Å². The van der Waals surface area contributed by atoms with Crippen molar-refractivity contribution in [2.75, 3.05) is 66.5 Å². The van der Waals surface area contributed by atoms with Crippen LogP contribution in [0.25, 0.3) is 21.8 Å². The molecule has 2 saturated heterocycles. The molecule has 0 saturated carbocycles. The number of aromatic nitrogens is 2. The van der Waals surface area contributed by atoms with Gasteiger partial charge in [-0.3, -0.25) is 14.8 Å². The number of hydrogen-bond acceptors (Lipinski definition) is 5. The van der Waals surface area contributed by atoms with Gasteiger partial charge in [0.2, 0.25) is 0 Å². The minimum absolute atomic E-state index is 0.948. The van der Waals surface area contributed by atoms with E-state index in [1.807, 2.05) is 0 Å². The van der Waals surface area contributed by atoms with E-state index >= 15 is 0 Å². The van der Waals surface area contributed by atoms with Crippen molar-refractivity contribution in [2.45, 2.75) is 39.4 Å². The number of para-hydroxylation sites is 1. The van der Waals surface area contributed by atoms with Gasteiger partial charge >= 0.3 is 0 Å². The second kappa shape index (κ2) is 10.1. The lowest BCUT2D eigenvalue weighted by Crippen LogP contribution is -2.44. The number of nitrogens with zero attached hydrogens (tertiary/aromatic N) is 6. The zero-order valence-electron chi connectivity index (χ0n) is 20.8. The van der Waals surface area contributed by atoms with Gasteiger partial charge in [0.05, 0.1) is 16.9 Å². The molecular weight excluding hydrogens is 408 g/mol. The van der Waals surface area contributed by atoms with Crippen LogP contribution in [0.4, 0.5) is 0 Å². The van der Waals surface area contributed by atoms with E-state index in [0.29, 0.717) is 0 Å². The van der Waals surface area contributed by atoms with E-state index < -0.39 is 0 Å². The summed E-state index contributed by atoms with van der Waals surface area (Å²) in [4.78, 5) is 15.4. The van der Waals surface area contributed by atoms with Gasteiger partial charge in [0.1, 0.15) is 0 Å². The molecule has 2 aromatic heterocycles. The summed E-state index contributed by atoms with van der Waals surface area (Å²) >= 11 is 0. The van der Waals surface area contributed by atoms with Crippen molar-refractivity contribution in [3.8, 4) is 0 Å².